The predicted molar refractivity (Wildman–Crippen MR) is 80.4 cm³/mol. The summed E-state index contributed by atoms with van der Waals surface area (Å²) in [5.74, 6) is -0.0682. The molecule has 1 unspecified atom stereocenters. The molecule has 1 aromatic carbocycles. The van der Waals surface area contributed by atoms with Crippen LogP contribution in [0.15, 0.2) is 24.3 Å². The van der Waals surface area contributed by atoms with Crippen LogP contribution < -0.4 is 5.32 Å². The van der Waals surface area contributed by atoms with Crippen molar-refractivity contribution in [3.05, 3.63) is 29.8 Å². The van der Waals surface area contributed by atoms with E-state index in [1.165, 1.54) is 0 Å². The zero-order chi connectivity index (χ0) is 15.1. The molecule has 1 N–H and O–H groups in total. The fourth-order valence-corrected chi connectivity index (χ4v) is 1.66. The van der Waals surface area contributed by atoms with E-state index < -0.39 is 0 Å². The minimum atomic E-state index is -0.222. The number of carbonyl (C=O) groups is 1. The van der Waals surface area contributed by atoms with Crippen molar-refractivity contribution in [1.29, 1.82) is 5.26 Å². The van der Waals surface area contributed by atoms with Crippen LogP contribution >= 0.6 is 0 Å². The second-order valence-electron chi connectivity index (χ2n) is 5.14. The number of likely N-dealkylation sites (N-methyl/N-ethyl adjacent to an activating group) is 2. The normalized spacial score (nSPS) is 12.2. The molecule has 0 saturated heterocycles. The van der Waals surface area contributed by atoms with Gasteiger partial charge in [-0.15, -0.1) is 0 Å². The largest absolute Gasteiger partial charge is 0.325 e. The van der Waals surface area contributed by atoms with Crippen LogP contribution in [-0.4, -0.2) is 56.0 Å². The van der Waals surface area contributed by atoms with E-state index >= 15 is 0 Å². The molecule has 1 atom stereocenters. The molecule has 0 aliphatic heterocycles. The molecule has 0 aromatic heterocycles. The maximum atomic E-state index is 12.1. The lowest BCUT2D eigenvalue weighted by molar-refractivity contribution is -0.120. The standard InChI is InChI=1S/C15H22N4O/c1-12(19(4)9-8-18(2)3)15(20)17-14-7-5-6-13(10-14)11-16/h5-7,10,12H,8-9H2,1-4H3,(H,17,20). The van der Waals surface area contributed by atoms with Crippen molar-refractivity contribution in [2.75, 3.05) is 39.5 Å². The molecule has 0 spiro atoms. The highest BCUT2D eigenvalue weighted by molar-refractivity contribution is 5.94. The number of rotatable bonds is 6. The summed E-state index contributed by atoms with van der Waals surface area (Å²) >= 11 is 0. The SMILES string of the molecule is CC(C(=O)Nc1cccc(C#N)c1)N(C)CCN(C)C. The highest BCUT2D eigenvalue weighted by Gasteiger charge is 2.17. The number of nitriles is 1. The first-order valence-electron chi connectivity index (χ1n) is 6.60. The summed E-state index contributed by atoms with van der Waals surface area (Å²) in [6.07, 6.45) is 0. The van der Waals surface area contributed by atoms with Gasteiger partial charge in [0.15, 0.2) is 0 Å². The fourth-order valence-electron chi connectivity index (χ4n) is 1.66. The van der Waals surface area contributed by atoms with Gasteiger partial charge in [0.25, 0.3) is 0 Å². The first-order valence-corrected chi connectivity index (χ1v) is 6.60. The molecule has 0 saturated carbocycles. The number of amides is 1. The quantitative estimate of drug-likeness (QED) is 0.851. The van der Waals surface area contributed by atoms with Crippen molar-refractivity contribution in [3.8, 4) is 6.07 Å². The smallest absolute Gasteiger partial charge is 0.241 e. The molecule has 108 valence electrons. The van der Waals surface area contributed by atoms with Crippen molar-refractivity contribution in [2.45, 2.75) is 13.0 Å². The van der Waals surface area contributed by atoms with Crippen molar-refractivity contribution < 1.29 is 4.79 Å². The van der Waals surface area contributed by atoms with Crippen LogP contribution in [0.5, 0.6) is 0 Å². The number of nitrogens with one attached hydrogen (secondary N) is 1. The Kier molecular flexibility index (Phi) is 6.16. The molecule has 5 nitrogen and oxygen atoms in total. The number of hydrogen-bond donors (Lipinski definition) is 1. The van der Waals surface area contributed by atoms with Gasteiger partial charge in [0.1, 0.15) is 0 Å². The van der Waals surface area contributed by atoms with E-state index in [1.807, 2.05) is 33.0 Å². The number of carbonyl (C=O) groups excluding carboxylic acids is 1. The van der Waals surface area contributed by atoms with Crippen LogP contribution in [0.25, 0.3) is 0 Å². The second kappa shape index (κ2) is 7.63. The third kappa shape index (κ3) is 5.00. The predicted octanol–water partition coefficient (Wildman–Crippen LogP) is 1.38. The third-order valence-corrected chi connectivity index (χ3v) is 3.20. The van der Waals surface area contributed by atoms with Gasteiger partial charge in [0, 0.05) is 18.8 Å². The van der Waals surface area contributed by atoms with Gasteiger partial charge in [-0.05, 0) is 46.3 Å². The van der Waals surface area contributed by atoms with E-state index in [-0.39, 0.29) is 11.9 Å². The van der Waals surface area contributed by atoms with E-state index in [1.54, 1.807) is 24.3 Å². The van der Waals surface area contributed by atoms with Gasteiger partial charge in [0.05, 0.1) is 17.7 Å². The fraction of sp³-hybridized carbons (Fsp3) is 0.467. The van der Waals surface area contributed by atoms with Crippen LogP contribution in [0.1, 0.15) is 12.5 Å². The van der Waals surface area contributed by atoms with E-state index in [0.717, 1.165) is 13.1 Å². The number of hydrogen-bond acceptors (Lipinski definition) is 4. The Bertz CT molecular complexity index is 493. The Morgan fingerprint density at radius 1 is 1.35 bits per heavy atom. The molecule has 1 amide bonds. The number of benzene rings is 1. The molecule has 0 aliphatic carbocycles. The molecular weight excluding hydrogens is 252 g/mol. The summed E-state index contributed by atoms with van der Waals surface area (Å²) in [5, 5.41) is 11.7. The van der Waals surface area contributed by atoms with Gasteiger partial charge in [-0.25, -0.2) is 0 Å². The Morgan fingerprint density at radius 2 is 2.05 bits per heavy atom. The van der Waals surface area contributed by atoms with E-state index in [4.69, 9.17) is 5.26 Å². The molecule has 0 bridgehead atoms. The topological polar surface area (TPSA) is 59.4 Å². The molecule has 0 fully saturated rings. The second-order valence-corrected chi connectivity index (χ2v) is 5.14. The maximum Gasteiger partial charge on any atom is 0.241 e. The lowest BCUT2D eigenvalue weighted by Gasteiger charge is -2.25. The van der Waals surface area contributed by atoms with Crippen molar-refractivity contribution in [3.63, 3.8) is 0 Å². The molecule has 5 heteroatoms. The van der Waals surface area contributed by atoms with E-state index in [0.29, 0.717) is 11.3 Å². The molecule has 0 radical (unpaired) electrons. The number of nitrogens with zero attached hydrogens (tertiary/aromatic N) is 3. The molecule has 0 heterocycles. The first kappa shape index (κ1) is 16.2. The molecular formula is C15H22N4O. The summed E-state index contributed by atoms with van der Waals surface area (Å²) in [6.45, 7) is 3.59. The first-order chi connectivity index (χ1) is 9.43. The van der Waals surface area contributed by atoms with Gasteiger partial charge in [-0.2, -0.15) is 5.26 Å². The zero-order valence-electron chi connectivity index (χ0n) is 12.6. The Labute approximate surface area is 120 Å². The van der Waals surface area contributed by atoms with Crippen LogP contribution in [0, 0.1) is 11.3 Å². The van der Waals surface area contributed by atoms with Gasteiger partial charge in [-0.3, -0.25) is 9.69 Å². The number of anilines is 1. The molecule has 0 aliphatic rings. The molecule has 20 heavy (non-hydrogen) atoms. The van der Waals surface area contributed by atoms with Crippen molar-refractivity contribution in [1.82, 2.24) is 9.80 Å². The van der Waals surface area contributed by atoms with E-state index in [2.05, 4.69) is 16.3 Å². The maximum absolute atomic E-state index is 12.1. The minimum absolute atomic E-state index is 0.0682. The Morgan fingerprint density at radius 3 is 2.65 bits per heavy atom. The summed E-state index contributed by atoms with van der Waals surface area (Å²) < 4.78 is 0. The Hall–Kier alpha value is -1.90. The summed E-state index contributed by atoms with van der Waals surface area (Å²) in [5.41, 5.74) is 1.19. The zero-order valence-corrected chi connectivity index (χ0v) is 12.6. The monoisotopic (exact) mass is 274 g/mol. The lowest BCUT2D eigenvalue weighted by atomic mass is 10.2. The molecule has 1 aromatic rings. The summed E-state index contributed by atoms with van der Waals surface area (Å²) in [7, 11) is 5.94. The van der Waals surface area contributed by atoms with Gasteiger partial charge >= 0.3 is 0 Å². The average molecular weight is 274 g/mol. The van der Waals surface area contributed by atoms with Gasteiger partial charge in [0.2, 0.25) is 5.91 Å². The highest BCUT2D eigenvalue weighted by atomic mass is 16.2. The van der Waals surface area contributed by atoms with Crippen molar-refractivity contribution >= 4 is 11.6 Å². The summed E-state index contributed by atoms with van der Waals surface area (Å²) in [6, 6.07) is 8.76. The lowest BCUT2D eigenvalue weighted by Crippen LogP contribution is -2.42. The Balaban J connectivity index is 2.59. The highest BCUT2D eigenvalue weighted by Crippen LogP contribution is 2.11. The van der Waals surface area contributed by atoms with Crippen LogP contribution in [0.2, 0.25) is 0 Å². The van der Waals surface area contributed by atoms with E-state index in [9.17, 15) is 4.79 Å². The van der Waals surface area contributed by atoms with Crippen LogP contribution in [0.3, 0.4) is 0 Å². The van der Waals surface area contributed by atoms with Crippen molar-refractivity contribution in [2.24, 2.45) is 0 Å². The minimum Gasteiger partial charge on any atom is -0.325 e. The molecule has 1 rings (SSSR count). The van der Waals surface area contributed by atoms with Crippen LogP contribution in [-0.2, 0) is 4.79 Å². The van der Waals surface area contributed by atoms with Gasteiger partial charge in [-0.1, -0.05) is 6.07 Å². The van der Waals surface area contributed by atoms with Gasteiger partial charge < -0.3 is 10.2 Å². The third-order valence-electron chi connectivity index (χ3n) is 3.20. The summed E-state index contributed by atoms with van der Waals surface area (Å²) in [4.78, 5) is 16.2. The van der Waals surface area contributed by atoms with Crippen LogP contribution in [0.4, 0.5) is 5.69 Å². The average Bonchev–Trinajstić information content (AvgIpc) is 2.43.